The molecule has 1 fully saturated rings. The predicted molar refractivity (Wildman–Crippen MR) is 115 cm³/mol. The van der Waals surface area contributed by atoms with E-state index >= 15 is 0 Å². The zero-order chi connectivity index (χ0) is 20.5. The lowest BCUT2D eigenvalue weighted by molar-refractivity contribution is -0.384. The Morgan fingerprint density at radius 1 is 1.13 bits per heavy atom. The lowest BCUT2D eigenvalue weighted by Gasteiger charge is -2.30. The minimum atomic E-state index is -0.407. The van der Waals surface area contributed by atoms with E-state index in [1.807, 2.05) is 17.4 Å². The first-order chi connectivity index (χ1) is 14.7. The quantitative estimate of drug-likeness (QED) is 0.353. The highest BCUT2D eigenvalue weighted by molar-refractivity contribution is 7.18. The number of piperidine rings is 1. The molecule has 9 heteroatoms. The van der Waals surface area contributed by atoms with E-state index in [0.29, 0.717) is 24.0 Å². The molecule has 0 unspecified atom stereocenters. The van der Waals surface area contributed by atoms with Gasteiger partial charge in [-0.25, -0.2) is 14.6 Å². The number of benzene rings is 2. The third kappa shape index (κ3) is 3.81. The number of fused-ring (bicyclic) bond motifs is 1. The average molecular weight is 420 g/mol. The summed E-state index contributed by atoms with van der Waals surface area (Å²) < 4.78 is 3.05. The second kappa shape index (κ2) is 7.92. The summed E-state index contributed by atoms with van der Waals surface area (Å²) in [6.07, 6.45) is 3.84. The van der Waals surface area contributed by atoms with Gasteiger partial charge >= 0.3 is 0 Å². The van der Waals surface area contributed by atoms with Crippen LogP contribution in [0.5, 0.6) is 0 Å². The Morgan fingerprint density at radius 3 is 2.77 bits per heavy atom. The van der Waals surface area contributed by atoms with Crippen molar-refractivity contribution in [3.63, 3.8) is 0 Å². The largest absolute Gasteiger partial charge is 0.284 e. The molecule has 1 aliphatic heterocycles. The number of hydrogen-bond acceptors (Lipinski definition) is 7. The minimum Gasteiger partial charge on any atom is -0.284 e. The summed E-state index contributed by atoms with van der Waals surface area (Å²) in [4.78, 5) is 22.1. The molecular weight excluding hydrogens is 400 g/mol. The summed E-state index contributed by atoms with van der Waals surface area (Å²) >= 11 is 1.81. The lowest BCUT2D eigenvalue weighted by Crippen LogP contribution is -2.34. The molecule has 1 saturated heterocycles. The van der Waals surface area contributed by atoms with Crippen molar-refractivity contribution in [1.29, 1.82) is 0 Å². The first-order valence-electron chi connectivity index (χ1n) is 9.88. The number of non-ortho nitro benzene ring substituents is 1. The van der Waals surface area contributed by atoms with Crippen LogP contribution in [0.1, 0.15) is 23.8 Å². The van der Waals surface area contributed by atoms with Gasteiger partial charge in [0.25, 0.3) is 5.69 Å². The van der Waals surface area contributed by atoms with Crippen LogP contribution < -0.4 is 0 Å². The van der Waals surface area contributed by atoms with Crippen LogP contribution in [-0.4, -0.2) is 42.7 Å². The van der Waals surface area contributed by atoms with Gasteiger partial charge in [-0.3, -0.25) is 15.0 Å². The van der Waals surface area contributed by atoms with E-state index in [1.54, 1.807) is 23.1 Å². The Hall–Kier alpha value is -3.17. The Balaban J connectivity index is 1.22. The van der Waals surface area contributed by atoms with Crippen LogP contribution in [0, 0.1) is 10.1 Å². The Bertz CT molecular complexity index is 1160. The second-order valence-electron chi connectivity index (χ2n) is 7.47. The standard InChI is InChI=1S/C21H20N6O2S/c28-27(29)17-5-3-4-16(12-17)20-22-13-26(24-20)14-25-10-8-15(9-11-25)21-23-18-6-1-2-7-19(18)30-21/h1-7,12-13,15H,8-11,14H2. The molecule has 0 bridgehead atoms. The van der Waals surface area contributed by atoms with Crippen molar-refractivity contribution < 1.29 is 4.92 Å². The van der Waals surface area contributed by atoms with Crippen LogP contribution in [0.2, 0.25) is 0 Å². The van der Waals surface area contributed by atoms with E-state index in [2.05, 4.69) is 33.2 Å². The number of nitrogens with zero attached hydrogens (tertiary/aromatic N) is 6. The third-order valence-corrected chi connectivity index (χ3v) is 6.64. The number of para-hydroxylation sites is 1. The molecule has 3 heterocycles. The van der Waals surface area contributed by atoms with Crippen molar-refractivity contribution in [2.24, 2.45) is 0 Å². The van der Waals surface area contributed by atoms with Crippen molar-refractivity contribution in [2.75, 3.05) is 13.1 Å². The highest BCUT2D eigenvalue weighted by Crippen LogP contribution is 2.33. The maximum atomic E-state index is 11.0. The van der Waals surface area contributed by atoms with Gasteiger partial charge in [-0.1, -0.05) is 24.3 Å². The highest BCUT2D eigenvalue weighted by Gasteiger charge is 2.23. The van der Waals surface area contributed by atoms with Crippen molar-refractivity contribution >= 4 is 27.2 Å². The van der Waals surface area contributed by atoms with Crippen molar-refractivity contribution in [2.45, 2.75) is 25.4 Å². The molecule has 5 rings (SSSR count). The summed E-state index contributed by atoms with van der Waals surface area (Å²) in [5.74, 6) is 1.01. The van der Waals surface area contributed by atoms with Gasteiger partial charge in [-0.2, -0.15) is 0 Å². The number of rotatable bonds is 5. The van der Waals surface area contributed by atoms with Gasteiger partial charge in [-0.05, 0) is 25.0 Å². The SMILES string of the molecule is O=[N+]([O-])c1cccc(-c2ncn(CN3CCC(c4nc5ccccc5s4)CC3)n2)c1. The number of hydrogen-bond donors (Lipinski definition) is 0. The molecule has 1 aliphatic rings. The molecular formula is C21H20N6O2S. The van der Waals surface area contributed by atoms with Gasteiger partial charge in [-0.15, -0.1) is 16.4 Å². The van der Waals surface area contributed by atoms with E-state index in [1.165, 1.54) is 21.8 Å². The minimum absolute atomic E-state index is 0.0424. The topological polar surface area (TPSA) is 90.0 Å². The van der Waals surface area contributed by atoms with E-state index in [-0.39, 0.29) is 5.69 Å². The smallest absolute Gasteiger partial charge is 0.270 e. The van der Waals surface area contributed by atoms with Crippen LogP contribution >= 0.6 is 11.3 Å². The van der Waals surface area contributed by atoms with Gasteiger partial charge in [0, 0.05) is 36.7 Å². The van der Waals surface area contributed by atoms with Crippen LogP contribution in [0.3, 0.4) is 0 Å². The Labute approximate surface area is 177 Å². The third-order valence-electron chi connectivity index (χ3n) is 5.44. The Morgan fingerprint density at radius 2 is 1.97 bits per heavy atom. The van der Waals surface area contributed by atoms with Crippen LogP contribution in [0.4, 0.5) is 5.69 Å². The highest BCUT2D eigenvalue weighted by atomic mass is 32.1. The zero-order valence-corrected chi connectivity index (χ0v) is 17.0. The van der Waals surface area contributed by atoms with Gasteiger partial charge < -0.3 is 0 Å². The molecule has 4 aromatic rings. The molecule has 2 aromatic carbocycles. The van der Waals surface area contributed by atoms with Crippen LogP contribution in [0.15, 0.2) is 54.9 Å². The van der Waals surface area contributed by atoms with Gasteiger partial charge in [0.15, 0.2) is 5.82 Å². The predicted octanol–water partition coefficient (Wildman–Crippen LogP) is 4.30. The van der Waals surface area contributed by atoms with Crippen molar-refractivity contribution in [3.05, 3.63) is 70.0 Å². The molecule has 0 amide bonds. The molecule has 2 aromatic heterocycles. The number of aromatic nitrogens is 4. The van der Waals surface area contributed by atoms with Crippen molar-refractivity contribution in [1.82, 2.24) is 24.6 Å². The molecule has 0 N–H and O–H groups in total. The second-order valence-corrected chi connectivity index (χ2v) is 8.53. The fourth-order valence-corrected chi connectivity index (χ4v) is 4.98. The van der Waals surface area contributed by atoms with Crippen LogP contribution in [0.25, 0.3) is 21.6 Å². The van der Waals surface area contributed by atoms with Gasteiger partial charge in [0.05, 0.1) is 26.8 Å². The number of nitro benzene ring substituents is 1. The normalized spacial score (nSPS) is 15.6. The van der Waals surface area contributed by atoms with Crippen LogP contribution in [-0.2, 0) is 6.67 Å². The molecule has 0 radical (unpaired) electrons. The molecule has 30 heavy (non-hydrogen) atoms. The van der Waals surface area contributed by atoms with E-state index in [0.717, 1.165) is 31.4 Å². The number of nitro groups is 1. The summed E-state index contributed by atoms with van der Waals surface area (Å²) in [6.45, 7) is 2.62. The van der Waals surface area contributed by atoms with Gasteiger partial charge in [0.2, 0.25) is 0 Å². The fourth-order valence-electron chi connectivity index (χ4n) is 3.84. The number of thiazole rings is 1. The lowest BCUT2D eigenvalue weighted by atomic mass is 9.98. The van der Waals surface area contributed by atoms with E-state index < -0.39 is 4.92 Å². The average Bonchev–Trinajstić information content (AvgIpc) is 3.41. The molecule has 0 spiro atoms. The monoisotopic (exact) mass is 420 g/mol. The first-order valence-corrected chi connectivity index (χ1v) is 10.7. The zero-order valence-electron chi connectivity index (χ0n) is 16.2. The Kier molecular flexibility index (Phi) is 4.97. The summed E-state index contributed by atoms with van der Waals surface area (Å²) in [7, 11) is 0. The van der Waals surface area contributed by atoms with Crippen molar-refractivity contribution in [3.8, 4) is 11.4 Å². The van der Waals surface area contributed by atoms with E-state index in [9.17, 15) is 10.1 Å². The maximum absolute atomic E-state index is 11.0. The molecule has 0 atom stereocenters. The molecule has 0 aliphatic carbocycles. The van der Waals surface area contributed by atoms with Gasteiger partial charge in [0.1, 0.15) is 6.33 Å². The molecule has 152 valence electrons. The number of likely N-dealkylation sites (tertiary alicyclic amines) is 1. The fraction of sp³-hybridized carbons (Fsp3) is 0.286. The summed E-state index contributed by atoms with van der Waals surface area (Å²) in [6, 6.07) is 14.7. The van der Waals surface area contributed by atoms with E-state index in [4.69, 9.17) is 4.98 Å². The summed E-state index contributed by atoms with van der Waals surface area (Å²) in [5.41, 5.74) is 1.79. The molecule has 8 nitrogen and oxygen atoms in total. The molecule has 0 saturated carbocycles. The maximum Gasteiger partial charge on any atom is 0.270 e. The first kappa shape index (κ1) is 18.8. The summed E-state index contributed by atoms with van der Waals surface area (Å²) in [5, 5.41) is 16.7.